The fourth-order valence-corrected chi connectivity index (χ4v) is 0.976. The van der Waals surface area contributed by atoms with Gasteiger partial charge in [0.1, 0.15) is 0 Å². The predicted molar refractivity (Wildman–Crippen MR) is 55.5 cm³/mol. The molecule has 0 bridgehead atoms. The summed E-state index contributed by atoms with van der Waals surface area (Å²) in [6.45, 7) is 1.69. The van der Waals surface area contributed by atoms with Crippen LogP contribution >= 0.6 is 0 Å². The van der Waals surface area contributed by atoms with Gasteiger partial charge in [-0.15, -0.1) is 0 Å². The number of ether oxygens (including phenoxy) is 1. The molecule has 1 aromatic heterocycles. The second-order valence-corrected chi connectivity index (χ2v) is 2.89. The van der Waals surface area contributed by atoms with Crippen LogP contribution < -0.4 is 5.32 Å². The van der Waals surface area contributed by atoms with Gasteiger partial charge in [0, 0.05) is 6.20 Å². The van der Waals surface area contributed by atoms with Crippen LogP contribution in [-0.2, 0) is 14.3 Å². The maximum Gasteiger partial charge on any atom is 0.344 e. The highest BCUT2D eigenvalue weighted by Gasteiger charge is 2.24. The van der Waals surface area contributed by atoms with Gasteiger partial charge in [0.2, 0.25) is 6.10 Å². The number of carbonyl (C=O) groups excluding carboxylic acids is 2. The smallest absolute Gasteiger partial charge is 0.344 e. The summed E-state index contributed by atoms with van der Waals surface area (Å²) >= 11 is 0. The Balaban J connectivity index is 2.56. The van der Waals surface area contributed by atoms with Crippen molar-refractivity contribution >= 4 is 17.6 Å². The number of pyridine rings is 1. The molecule has 6 nitrogen and oxygen atoms in total. The molecule has 1 atom stereocenters. The maximum atomic E-state index is 11.3. The summed E-state index contributed by atoms with van der Waals surface area (Å²) in [4.78, 5) is 26.1. The third-order valence-electron chi connectivity index (χ3n) is 1.69. The number of aliphatic hydroxyl groups excluding tert-OH is 1. The average Bonchev–Trinajstić information content (AvgIpc) is 2.29. The Morgan fingerprint density at radius 2 is 2.38 bits per heavy atom. The van der Waals surface area contributed by atoms with E-state index in [1.54, 1.807) is 19.1 Å². The molecule has 0 aliphatic heterocycles. The van der Waals surface area contributed by atoms with Crippen LogP contribution in [0.4, 0.5) is 5.69 Å². The van der Waals surface area contributed by atoms with Gasteiger partial charge >= 0.3 is 5.97 Å². The third kappa shape index (κ3) is 3.32. The topological polar surface area (TPSA) is 88.5 Å². The van der Waals surface area contributed by atoms with Crippen molar-refractivity contribution in [2.24, 2.45) is 0 Å². The van der Waals surface area contributed by atoms with Crippen molar-refractivity contribution in [3.8, 4) is 0 Å². The Kier molecular flexibility index (Phi) is 4.41. The standard InChI is InChI=1S/C10H12N2O4/c1-2-16-10(15)8(13)9(14)12-7-4-3-5-11-6-7/h3-6,8,13H,2H2,1H3,(H,12,14). The number of esters is 1. The van der Waals surface area contributed by atoms with Crippen LogP contribution in [-0.4, -0.2) is 34.7 Å². The lowest BCUT2D eigenvalue weighted by molar-refractivity contribution is -0.156. The van der Waals surface area contributed by atoms with Crippen LogP contribution in [0.2, 0.25) is 0 Å². The van der Waals surface area contributed by atoms with E-state index < -0.39 is 18.0 Å². The van der Waals surface area contributed by atoms with Crippen LogP contribution in [0.5, 0.6) is 0 Å². The van der Waals surface area contributed by atoms with Gasteiger partial charge in [-0.05, 0) is 19.1 Å². The normalized spacial score (nSPS) is 11.6. The van der Waals surface area contributed by atoms with Crippen LogP contribution in [0.3, 0.4) is 0 Å². The number of nitrogens with one attached hydrogen (secondary N) is 1. The van der Waals surface area contributed by atoms with Crippen LogP contribution in [0, 0.1) is 0 Å². The molecule has 0 aliphatic rings. The van der Waals surface area contributed by atoms with E-state index in [0.717, 1.165) is 0 Å². The van der Waals surface area contributed by atoms with Gasteiger partial charge < -0.3 is 15.2 Å². The van der Waals surface area contributed by atoms with Gasteiger partial charge in [-0.3, -0.25) is 9.78 Å². The average molecular weight is 224 g/mol. The van der Waals surface area contributed by atoms with Crippen LogP contribution in [0.1, 0.15) is 6.92 Å². The highest BCUT2D eigenvalue weighted by atomic mass is 16.5. The number of rotatable bonds is 4. The zero-order valence-electron chi connectivity index (χ0n) is 8.71. The van der Waals surface area contributed by atoms with Gasteiger partial charge in [0.15, 0.2) is 0 Å². The Hall–Kier alpha value is -1.95. The number of hydrogen-bond acceptors (Lipinski definition) is 5. The summed E-state index contributed by atoms with van der Waals surface area (Å²) in [5, 5.41) is 11.6. The molecule has 16 heavy (non-hydrogen) atoms. The Morgan fingerprint density at radius 1 is 1.62 bits per heavy atom. The minimum atomic E-state index is -1.82. The van der Waals surface area contributed by atoms with E-state index in [4.69, 9.17) is 0 Å². The van der Waals surface area contributed by atoms with Gasteiger partial charge in [0.05, 0.1) is 18.5 Å². The SMILES string of the molecule is CCOC(=O)C(O)C(=O)Nc1cccnc1. The first-order valence-electron chi connectivity index (χ1n) is 4.70. The monoisotopic (exact) mass is 224 g/mol. The zero-order chi connectivity index (χ0) is 12.0. The summed E-state index contributed by atoms with van der Waals surface area (Å²) in [5.41, 5.74) is 0.399. The first-order chi connectivity index (χ1) is 7.65. The van der Waals surface area contributed by atoms with Gasteiger partial charge in [-0.25, -0.2) is 4.79 Å². The number of nitrogens with zero attached hydrogens (tertiary/aromatic N) is 1. The first kappa shape index (κ1) is 12.1. The largest absolute Gasteiger partial charge is 0.464 e. The molecule has 1 aromatic rings. The van der Waals surface area contributed by atoms with E-state index in [1.807, 2.05) is 0 Å². The summed E-state index contributed by atoms with van der Waals surface area (Å²) in [5.74, 6) is -1.81. The Morgan fingerprint density at radius 3 is 2.94 bits per heavy atom. The molecular weight excluding hydrogens is 212 g/mol. The van der Waals surface area contributed by atoms with E-state index in [-0.39, 0.29) is 6.61 Å². The number of anilines is 1. The molecule has 86 valence electrons. The molecule has 1 unspecified atom stereocenters. The van der Waals surface area contributed by atoms with Crippen molar-refractivity contribution in [2.75, 3.05) is 11.9 Å². The molecule has 0 aliphatic carbocycles. The Labute approximate surface area is 92.3 Å². The van der Waals surface area contributed by atoms with Crippen molar-refractivity contribution in [1.29, 1.82) is 0 Å². The molecule has 1 rings (SSSR count). The molecule has 0 aromatic carbocycles. The summed E-state index contributed by atoms with van der Waals surface area (Å²) in [6, 6.07) is 3.20. The molecule has 0 fully saturated rings. The van der Waals surface area contributed by atoms with Gasteiger partial charge in [-0.1, -0.05) is 0 Å². The molecule has 0 saturated heterocycles. The van der Waals surface area contributed by atoms with E-state index in [9.17, 15) is 14.7 Å². The van der Waals surface area contributed by atoms with E-state index in [2.05, 4.69) is 15.0 Å². The summed E-state index contributed by atoms with van der Waals surface area (Å²) < 4.78 is 4.50. The first-order valence-corrected chi connectivity index (χ1v) is 4.70. The van der Waals surface area contributed by atoms with Crippen molar-refractivity contribution in [2.45, 2.75) is 13.0 Å². The fraction of sp³-hybridized carbons (Fsp3) is 0.300. The van der Waals surface area contributed by atoms with Crippen LogP contribution in [0.25, 0.3) is 0 Å². The molecule has 0 spiro atoms. The number of amides is 1. The highest BCUT2D eigenvalue weighted by molar-refractivity contribution is 6.07. The number of hydrogen-bond donors (Lipinski definition) is 2. The van der Waals surface area contributed by atoms with Crippen LogP contribution in [0.15, 0.2) is 24.5 Å². The molecule has 1 heterocycles. The van der Waals surface area contributed by atoms with Crippen molar-refractivity contribution < 1.29 is 19.4 Å². The van der Waals surface area contributed by atoms with E-state index >= 15 is 0 Å². The Bertz CT molecular complexity index is 366. The molecule has 2 N–H and O–H groups in total. The van der Waals surface area contributed by atoms with E-state index in [0.29, 0.717) is 5.69 Å². The molecule has 0 saturated carbocycles. The maximum absolute atomic E-state index is 11.3. The molecule has 6 heteroatoms. The number of aromatic nitrogens is 1. The highest BCUT2D eigenvalue weighted by Crippen LogP contribution is 2.03. The van der Waals surface area contributed by atoms with Gasteiger partial charge in [0.25, 0.3) is 5.91 Å². The summed E-state index contributed by atoms with van der Waals surface area (Å²) in [6.07, 6.45) is 1.12. The quantitative estimate of drug-likeness (QED) is 0.552. The molecule has 1 amide bonds. The number of carbonyl (C=O) groups is 2. The minimum Gasteiger partial charge on any atom is -0.464 e. The minimum absolute atomic E-state index is 0.107. The van der Waals surface area contributed by atoms with Crippen molar-refractivity contribution in [1.82, 2.24) is 4.98 Å². The lowest BCUT2D eigenvalue weighted by Gasteiger charge is -2.09. The lowest BCUT2D eigenvalue weighted by atomic mass is 10.3. The molecule has 0 radical (unpaired) electrons. The summed E-state index contributed by atoms with van der Waals surface area (Å²) in [7, 11) is 0. The van der Waals surface area contributed by atoms with Crippen molar-refractivity contribution in [3.63, 3.8) is 0 Å². The third-order valence-corrected chi connectivity index (χ3v) is 1.69. The fourth-order valence-electron chi connectivity index (χ4n) is 0.976. The molecular formula is C10H12N2O4. The second-order valence-electron chi connectivity index (χ2n) is 2.89. The second kappa shape index (κ2) is 5.82. The number of aliphatic hydroxyl groups is 1. The zero-order valence-corrected chi connectivity index (χ0v) is 8.71. The lowest BCUT2D eigenvalue weighted by Crippen LogP contribution is -2.36. The predicted octanol–water partition coefficient (Wildman–Crippen LogP) is -0.0559. The van der Waals surface area contributed by atoms with E-state index in [1.165, 1.54) is 12.4 Å². The van der Waals surface area contributed by atoms with Crippen molar-refractivity contribution in [3.05, 3.63) is 24.5 Å². The van der Waals surface area contributed by atoms with Gasteiger partial charge in [-0.2, -0.15) is 0 Å².